The van der Waals surface area contributed by atoms with Crippen molar-refractivity contribution in [2.75, 3.05) is 6.54 Å². The molecule has 100 valence electrons. The number of aryl methyl sites for hydroxylation is 1. The molecule has 0 aromatic heterocycles. The van der Waals surface area contributed by atoms with Gasteiger partial charge >= 0.3 is 0 Å². The first kappa shape index (κ1) is 13.7. The van der Waals surface area contributed by atoms with Crippen molar-refractivity contribution in [2.45, 2.75) is 19.3 Å². The SMILES string of the molecule is Cc1ccc(C(CN)Cc2ccc(F)cc2F)cc1. The molecule has 1 unspecified atom stereocenters. The molecule has 0 amide bonds. The van der Waals surface area contributed by atoms with Gasteiger partial charge in [-0.2, -0.15) is 0 Å². The van der Waals surface area contributed by atoms with Gasteiger partial charge in [-0.05, 0) is 37.1 Å². The fraction of sp³-hybridized carbons (Fsp3) is 0.250. The van der Waals surface area contributed by atoms with E-state index in [2.05, 4.69) is 0 Å². The van der Waals surface area contributed by atoms with Gasteiger partial charge in [0, 0.05) is 12.0 Å². The van der Waals surface area contributed by atoms with E-state index in [1.54, 1.807) is 0 Å². The van der Waals surface area contributed by atoms with Gasteiger partial charge in [-0.25, -0.2) is 8.78 Å². The van der Waals surface area contributed by atoms with Gasteiger partial charge in [0.1, 0.15) is 11.6 Å². The summed E-state index contributed by atoms with van der Waals surface area (Å²) in [6.45, 7) is 2.45. The predicted octanol–water partition coefficient (Wildman–Crippen LogP) is 3.56. The molecule has 0 saturated heterocycles. The third-order valence-electron chi connectivity index (χ3n) is 3.31. The highest BCUT2D eigenvalue weighted by Gasteiger charge is 2.13. The third kappa shape index (κ3) is 3.38. The first-order valence-corrected chi connectivity index (χ1v) is 6.30. The molecule has 2 N–H and O–H groups in total. The van der Waals surface area contributed by atoms with Crippen molar-refractivity contribution < 1.29 is 8.78 Å². The Bertz CT molecular complexity index is 549. The van der Waals surface area contributed by atoms with Crippen LogP contribution in [0.4, 0.5) is 8.78 Å². The quantitative estimate of drug-likeness (QED) is 0.894. The van der Waals surface area contributed by atoms with Crippen LogP contribution in [0.2, 0.25) is 0 Å². The lowest BCUT2D eigenvalue weighted by molar-refractivity contribution is 0.562. The number of benzene rings is 2. The average Bonchev–Trinajstić information content (AvgIpc) is 2.39. The van der Waals surface area contributed by atoms with Crippen LogP contribution < -0.4 is 5.73 Å². The zero-order valence-corrected chi connectivity index (χ0v) is 10.9. The van der Waals surface area contributed by atoms with Crippen LogP contribution in [0.3, 0.4) is 0 Å². The summed E-state index contributed by atoms with van der Waals surface area (Å²) >= 11 is 0. The van der Waals surface area contributed by atoms with E-state index in [0.717, 1.165) is 11.6 Å². The topological polar surface area (TPSA) is 26.0 Å². The van der Waals surface area contributed by atoms with Gasteiger partial charge < -0.3 is 5.73 Å². The van der Waals surface area contributed by atoms with Crippen molar-refractivity contribution in [1.29, 1.82) is 0 Å². The molecule has 1 atom stereocenters. The average molecular weight is 261 g/mol. The summed E-state index contributed by atoms with van der Waals surface area (Å²) in [7, 11) is 0. The van der Waals surface area contributed by atoms with Gasteiger partial charge in [-0.15, -0.1) is 0 Å². The molecule has 0 spiro atoms. The van der Waals surface area contributed by atoms with Gasteiger partial charge in [0.25, 0.3) is 0 Å². The smallest absolute Gasteiger partial charge is 0.129 e. The van der Waals surface area contributed by atoms with E-state index >= 15 is 0 Å². The van der Waals surface area contributed by atoms with Gasteiger partial charge in [-0.3, -0.25) is 0 Å². The molecule has 2 aromatic rings. The lowest BCUT2D eigenvalue weighted by Crippen LogP contribution is -2.15. The van der Waals surface area contributed by atoms with E-state index in [-0.39, 0.29) is 5.92 Å². The second-order valence-corrected chi connectivity index (χ2v) is 4.78. The molecule has 0 heterocycles. The summed E-state index contributed by atoms with van der Waals surface area (Å²) in [5.41, 5.74) is 8.53. The molecular weight excluding hydrogens is 244 g/mol. The van der Waals surface area contributed by atoms with Crippen LogP contribution in [-0.2, 0) is 6.42 Å². The van der Waals surface area contributed by atoms with Crippen LogP contribution in [-0.4, -0.2) is 6.54 Å². The van der Waals surface area contributed by atoms with E-state index in [4.69, 9.17) is 5.73 Å². The molecule has 0 radical (unpaired) electrons. The highest BCUT2D eigenvalue weighted by Crippen LogP contribution is 2.22. The van der Waals surface area contributed by atoms with Gasteiger partial charge in [0.2, 0.25) is 0 Å². The first-order chi connectivity index (χ1) is 9.10. The van der Waals surface area contributed by atoms with E-state index in [0.29, 0.717) is 18.5 Å². The van der Waals surface area contributed by atoms with Crippen LogP contribution in [0.15, 0.2) is 42.5 Å². The van der Waals surface area contributed by atoms with Crippen molar-refractivity contribution in [3.05, 3.63) is 70.8 Å². The van der Waals surface area contributed by atoms with Crippen LogP contribution >= 0.6 is 0 Å². The molecule has 0 aliphatic carbocycles. The van der Waals surface area contributed by atoms with E-state index < -0.39 is 11.6 Å². The second kappa shape index (κ2) is 5.93. The fourth-order valence-electron chi connectivity index (χ4n) is 2.13. The minimum Gasteiger partial charge on any atom is -0.330 e. The number of hydrogen-bond donors (Lipinski definition) is 1. The molecular formula is C16H17F2N. The number of halogens is 2. The summed E-state index contributed by atoms with van der Waals surface area (Å²) in [5, 5.41) is 0. The van der Waals surface area contributed by atoms with Crippen LogP contribution in [0, 0.1) is 18.6 Å². The Labute approximate surface area is 112 Å². The molecule has 0 fully saturated rings. The summed E-state index contributed by atoms with van der Waals surface area (Å²) in [5.74, 6) is -1.02. The number of nitrogens with two attached hydrogens (primary N) is 1. The van der Waals surface area contributed by atoms with Crippen LogP contribution in [0.25, 0.3) is 0 Å². The van der Waals surface area contributed by atoms with Crippen molar-refractivity contribution in [3.63, 3.8) is 0 Å². The van der Waals surface area contributed by atoms with E-state index in [1.165, 1.54) is 17.7 Å². The standard InChI is InChI=1S/C16H17F2N/c1-11-2-4-12(5-3-11)14(10-19)8-13-6-7-15(17)9-16(13)18/h2-7,9,14H,8,10,19H2,1H3. The molecule has 2 rings (SSSR count). The fourth-order valence-corrected chi connectivity index (χ4v) is 2.13. The monoisotopic (exact) mass is 261 g/mol. The molecule has 0 bridgehead atoms. The molecule has 0 aliphatic rings. The van der Waals surface area contributed by atoms with E-state index in [1.807, 2.05) is 31.2 Å². The normalized spacial score (nSPS) is 12.4. The Balaban J connectivity index is 2.21. The molecule has 0 aliphatic heterocycles. The largest absolute Gasteiger partial charge is 0.330 e. The maximum atomic E-state index is 13.6. The third-order valence-corrected chi connectivity index (χ3v) is 3.31. The maximum absolute atomic E-state index is 13.6. The molecule has 1 nitrogen and oxygen atoms in total. The summed E-state index contributed by atoms with van der Waals surface area (Å²) < 4.78 is 26.5. The lowest BCUT2D eigenvalue weighted by Gasteiger charge is -2.16. The molecule has 19 heavy (non-hydrogen) atoms. The Kier molecular flexibility index (Phi) is 4.27. The summed E-state index contributed by atoms with van der Waals surface area (Å²) in [6, 6.07) is 11.7. The Morgan fingerprint density at radius 1 is 1.05 bits per heavy atom. The molecule has 3 heteroatoms. The van der Waals surface area contributed by atoms with E-state index in [9.17, 15) is 8.78 Å². The Morgan fingerprint density at radius 3 is 2.32 bits per heavy atom. The molecule has 2 aromatic carbocycles. The van der Waals surface area contributed by atoms with Crippen molar-refractivity contribution in [1.82, 2.24) is 0 Å². The van der Waals surface area contributed by atoms with Gasteiger partial charge in [0.15, 0.2) is 0 Å². The predicted molar refractivity (Wildman–Crippen MR) is 73.0 cm³/mol. The van der Waals surface area contributed by atoms with Crippen LogP contribution in [0.5, 0.6) is 0 Å². The van der Waals surface area contributed by atoms with Crippen molar-refractivity contribution >= 4 is 0 Å². The molecule has 0 saturated carbocycles. The summed E-state index contributed by atoms with van der Waals surface area (Å²) in [4.78, 5) is 0. The lowest BCUT2D eigenvalue weighted by atomic mass is 9.91. The number of hydrogen-bond acceptors (Lipinski definition) is 1. The van der Waals surface area contributed by atoms with Crippen molar-refractivity contribution in [2.24, 2.45) is 5.73 Å². The highest BCUT2D eigenvalue weighted by molar-refractivity contribution is 5.28. The second-order valence-electron chi connectivity index (χ2n) is 4.78. The van der Waals surface area contributed by atoms with Crippen LogP contribution in [0.1, 0.15) is 22.6 Å². The van der Waals surface area contributed by atoms with Gasteiger partial charge in [0.05, 0.1) is 0 Å². The summed E-state index contributed by atoms with van der Waals surface area (Å²) in [6.07, 6.45) is 0.478. The number of rotatable bonds is 4. The zero-order chi connectivity index (χ0) is 13.8. The van der Waals surface area contributed by atoms with Gasteiger partial charge in [-0.1, -0.05) is 35.9 Å². The zero-order valence-electron chi connectivity index (χ0n) is 10.9. The first-order valence-electron chi connectivity index (χ1n) is 6.30. The minimum atomic E-state index is -0.555. The maximum Gasteiger partial charge on any atom is 0.129 e. The Morgan fingerprint density at radius 2 is 1.74 bits per heavy atom. The highest BCUT2D eigenvalue weighted by atomic mass is 19.1. The Hall–Kier alpha value is -1.74. The minimum absolute atomic E-state index is 0.0422. The van der Waals surface area contributed by atoms with Crippen molar-refractivity contribution in [3.8, 4) is 0 Å².